The summed E-state index contributed by atoms with van der Waals surface area (Å²) in [6, 6.07) is 6.87. The van der Waals surface area contributed by atoms with Crippen molar-refractivity contribution >= 4 is 40.1 Å². The Balaban J connectivity index is 2.40. The van der Waals surface area contributed by atoms with Gasteiger partial charge in [0.25, 0.3) is 0 Å². The number of rotatable bonds is 4. The molecule has 21 heavy (non-hydrogen) atoms. The maximum absolute atomic E-state index is 12.8. The first-order valence-electron chi connectivity index (χ1n) is 7.33. The van der Waals surface area contributed by atoms with Crippen LogP contribution in [0.1, 0.15) is 33.6 Å². The standard InChI is InChI=1S/C16H21IN2O2/c1-4-13-15(20)18-12(9-10(2)3)16(21)19(13)14-8-6-5-7-11(14)17/h5-8,10,12-13H,4,9H2,1-3H3,(H,18,20). The second kappa shape index (κ2) is 6.77. The number of carbonyl (C=O) groups is 2. The average Bonchev–Trinajstić information content (AvgIpc) is 2.42. The molecule has 2 rings (SSSR count). The maximum Gasteiger partial charge on any atom is 0.250 e. The highest BCUT2D eigenvalue weighted by atomic mass is 127. The normalized spacial score (nSPS) is 22.6. The minimum Gasteiger partial charge on any atom is -0.342 e. The molecule has 0 aliphatic carbocycles. The van der Waals surface area contributed by atoms with Crippen molar-refractivity contribution in [2.75, 3.05) is 4.90 Å². The molecule has 1 aromatic carbocycles. The van der Waals surface area contributed by atoms with Crippen LogP contribution < -0.4 is 10.2 Å². The largest absolute Gasteiger partial charge is 0.342 e. The van der Waals surface area contributed by atoms with Gasteiger partial charge in [-0.3, -0.25) is 14.5 Å². The van der Waals surface area contributed by atoms with Crippen molar-refractivity contribution in [3.05, 3.63) is 27.8 Å². The van der Waals surface area contributed by atoms with Crippen LogP contribution in [0.25, 0.3) is 0 Å². The van der Waals surface area contributed by atoms with Gasteiger partial charge >= 0.3 is 0 Å². The molecule has 0 aromatic heterocycles. The first-order chi connectivity index (χ1) is 9.95. The fourth-order valence-corrected chi connectivity index (χ4v) is 3.35. The summed E-state index contributed by atoms with van der Waals surface area (Å²) in [5.41, 5.74) is 0.832. The molecule has 1 heterocycles. The summed E-state index contributed by atoms with van der Waals surface area (Å²) in [5, 5.41) is 2.89. The molecule has 4 nitrogen and oxygen atoms in total. The summed E-state index contributed by atoms with van der Waals surface area (Å²) >= 11 is 2.21. The lowest BCUT2D eigenvalue weighted by molar-refractivity contribution is -0.134. The maximum atomic E-state index is 12.8. The molecular formula is C16H21IN2O2. The first kappa shape index (κ1) is 16.3. The van der Waals surface area contributed by atoms with Crippen molar-refractivity contribution < 1.29 is 9.59 Å². The smallest absolute Gasteiger partial charge is 0.250 e. The molecule has 0 bridgehead atoms. The molecule has 0 spiro atoms. The third kappa shape index (κ3) is 3.39. The molecular weight excluding hydrogens is 379 g/mol. The highest BCUT2D eigenvalue weighted by molar-refractivity contribution is 14.1. The van der Waals surface area contributed by atoms with Gasteiger partial charge in [0.15, 0.2) is 0 Å². The first-order valence-corrected chi connectivity index (χ1v) is 8.41. The molecule has 2 unspecified atom stereocenters. The molecule has 0 radical (unpaired) electrons. The quantitative estimate of drug-likeness (QED) is 0.791. The fraction of sp³-hybridized carbons (Fsp3) is 0.500. The van der Waals surface area contributed by atoms with E-state index in [1.165, 1.54) is 0 Å². The van der Waals surface area contributed by atoms with Gasteiger partial charge in [-0.25, -0.2) is 0 Å². The van der Waals surface area contributed by atoms with Gasteiger partial charge in [0.2, 0.25) is 11.8 Å². The Hall–Kier alpha value is -1.11. The Bertz CT molecular complexity index is 545. The predicted octanol–water partition coefficient (Wildman–Crippen LogP) is 2.95. The number of amides is 2. The van der Waals surface area contributed by atoms with E-state index >= 15 is 0 Å². The lowest BCUT2D eigenvalue weighted by Gasteiger charge is -2.39. The van der Waals surface area contributed by atoms with Crippen molar-refractivity contribution in [2.45, 2.75) is 45.7 Å². The van der Waals surface area contributed by atoms with E-state index in [0.29, 0.717) is 18.8 Å². The number of carbonyl (C=O) groups excluding carboxylic acids is 2. The molecule has 1 fully saturated rings. The zero-order valence-corrected chi connectivity index (χ0v) is 14.8. The van der Waals surface area contributed by atoms with Crippen LogP contribution in [0.5, 0.6) is 0 Å². The number of hydrogen-bond acceptors (Lipinski definition) is 2. The molecule has 114 valence electrons. The summed E-state index contributed by atoms with van der Waals surface area (Å²) in [6.45, 7) is 6.05. The van der Waals surface area contributed by atoms with E-state index in [4.69, 9.17) is 0 Å². The Kier molecular flexibility index (Phi) is 5.24. The van der Waals surface area contributed by atoms with Gasteiger partial charge in [0, 0.05) is 3.57 Å². The Labute approximate surface area is 139 Å². The van der Waals surface area contributed by atoms with Crippen LogP contribution >= 0.6 is 22.6 Å². The molecule has 1 saturated heterocycles. The number of halogens is 1. The summed E-state index contributed by atoms with van der Waals surface area (Å²) in [5.74, 6) is 0.302. The zero-order chi connectivity index (χ0) is 15.6. The van der Waals surface area contributed by atoms with Gasteiger partial charge < -0.3 is 5.32 Å². The summed E-state index contributed by atoms with van der Waals surface area (Å²) in [6.07, 6.45) is 1.28. The van der Waals surface area contributed by atoms with Crippen molar-refractivity contribution in [1.29, 1.82) is 0 Å². The van der Waals surface area contributed by atoms with Crippen LogP contribution in [0.4, 0.5) is 5.69 Å². The lowest BCUT2D eigenvalue weighted by atomic mass is 9.97. The van der Waals surface area contributed by atoms with Gasteiger partial charge in [-0.2, -0.15) is 0 Å². The summed E-state index contributed by atoms with van der Waals surface area (Å²) in [7, 11) is 0. The molecule has 0 saturated carbocycles. The number of nitrogens with one attached hydrogen (secondary N) is 1. The Morgan fingerprint density at radius 3 is 2.52 bits per heavy atom. The molecule has 1 N–H and O–H groups in total. The van der Waals surface area contributed by atoms with E-state index in [0.717, 1.165) is 9.26 Å². The molecule has 2 atom stereocenters. The van der Waals surface area contributed by atoms with E-state index in [-0.39, 0.29) is 11.8 Å². The fourth-order valence-electron chi connectivity index (χ4n) is 2.70. The van der Waals surface area contributed by atoms with Gasteiger partial charge in [0.1, 0.15) is 12.1 Å². The van der Waals surface area contributed by atoms with E-state index in [1.807, 2.05) is 31.2 Å². The molecule has 2 amide bonds. The molecule has 1 aromatic rings. The third-order valence-electron chi connectivity index (χ3n) is 3.67. The van der Waals surface area contributed by atoms with E-state index in [1.54, 1.807) is 4.90 Å². The van der Waals surface area contributed by atoms with E-state index in [2.05, 4.69) is 41.8 Å². The van der Waals surface area contributed by atoms with Gasteiger partial charge in [-0.1, -0.05) is 32.9 Å². The topological polar surface area (TPSA) is 49.4 Å². The number of para-hydroxylation sites is 1. The molecule has 5 heteroatoms. The number of nitrogens with zero attached hydrogens (tertiary/aromatic N) is 1. The van der Waals surface area contributed by atoms with Gasteiger partial charge in [0.05, 0.1) is 5.69 Å². The highest BCUT2D eigenvalue weighted by Gasteiger charge is 2.40. The monoisotopic (exact) mass is 400 g/mol. The van der Waals surface area contributed by atoms with Crippen molar-refractivity contribution in [3.63, 3.8) is 0 Å². The predicted molar refractivity (Wildman–Crippen MR) is 92.1 cm³/mol. The second-order valence-corrected chi connectivity index (χ2v) is 6.94. The van der Waals surface area contributed by atoms with Gasteiger partial charge in [-0.05, 0) is 53.5 Å². The summed E-state index contributed by atoms with van der Waals surface area (Å²) < 4.78 is 0.986. The van der Waals surface area contributed by atoms with Crippen molar-refractivity contribution in [3.8, 4) is 0 Å². The number of anilines is 1. The second-order valence-electron chi connectivity index (χ2n) is 5.77. The minimum atomic E-state index is -0.420. The number of piperazine rings is 1. The number of benzene rings is 1. The minimum absolute atomic E-state index is 0.000680. The summed E-state index contributed by atoms with van der Waals surface area (Å²) in [4.78, 5) is 26.9. The SMILES string of the molecule is CCC1C(=O)NC(CC(C)C)C(=O)N1c1ccccc1I. The highest BCUT2D eigenvalue weighted by Crippen LogP contribution is 2.28. The van der Waals surface area contributed by atoms with Crippen LogP contribution in [0.15, 0.2) is 24.3 Å². The Morgan fingerprint density at radius 1 is 1.29 bits per heavy atom. The van der Waals surface area contributed by atoms with Crippen LogP contribution in [-0.2, 0) is 9.59 Å². The zero-order valence-electron chi connectivity index (χ0n) is 12.6. The van der Waals surface area contributed by atoms with E-state index in [9.17, 15) is 9.59 Å². The van der Waals surface area contributed by atoms with Crippen molar-refractivity contribution in [2.24, 2.45) is 5.92 Å². The van der Waals surface area contributed by atoms with E-state index < -0.39 is 12.1 Å². The molecule has 1 aliphatic heterocycles. The average molecular weight is 400 g/mol. The van der Waals surface area contributed by atoms with Crippen molar-refractivity contribution in [1.82, 2.24) is 5.32 Å². The third-order valence-corrected chi connectivity index (χ3v) is 4.58. The van der Waals surface area contributed by atoms with Crippen LogP contribution in [0.3, 0.4) is 0 Å². The number of hydrogen-bond donors (Lipinski definition) is 1. The Morgan fingerprint density at radius 2 is 1.95 bits per heavy atom. The van der Waals surface area contributed by atoms with Crippen LogP contribution in [-0.4, -0.2) is 23.9 Å². The van der Waals surface area contributed by atoms with Gasteiger partial charge in [-0.15, -0.1) is 0 Å². The lowest BCUT2D eigenvalue weighted by Crippen LogP contribution is -2.63. The van der Waals surface area contributed by atoms with Crippen LogP contribution in [0.2, 0.25) is 0 Å². The van der Waals surface area contributed by atoms with Crippen LogP contribution in [0, 0.1) is 9.49 Å². The molecule has 1 aliphatic rings.